The molecule has 3 rings (SSSR count). The van der Waals surface area contributed by atoms with E-state index in [0.29, 0.717) is 22.8 Å². The molecule has 2 aromatic rings. The zero-order valence-electron chi connectivity index (χ0n) is 17.1. The van der Waals surface area contributed by atoms with Gasteiger partial charge in [0.25, 0.3) is 0 Å². The van der Waals surface area contributed by atoms with Gasteiger partial charge in [0, 0.05) is 12.1 Å². The van der Waals surface area contributed by atoms with Crippen molar-refractivity contribution in [3.63, 3.8) is 0 Å². The summed E-state index contributed by atoms with van der Waals surface area (Å²) in [5.41, 5.74) is -0.352. The zero-order chi connectivity index (χ0) is 22.6. The average Bonchev–Trinajstić information content (AvgIpc) is 2.72. The molecule has 1 aromatic carbocycles. The van der Waals surface area contributed by atoms with E-state index in [2.05, 4.69) is 4.98 Å². The molecule has 1 amide bonds. The molecule has 166 valence electrons. The number of hydrogen-bond acceptors (Lipinski definition) is 6. The molecule has 10 heteroatoms. The van der Waals surface area contributed by atoms with Crippen LogP contribution >= 0.6 is 0 Å². The normalized spacial score (nSPS) is 14.3. The van der Waals surface area contributed by atoms with E-state index >= 15 is 0 Å². The third kappa shape index (κ3) is 5.19. The Kier molecular flexibility index (Phi) is 6.57. The number of alkyl halides is 3. The van der Waals surface area contributed by atoms with Gasteiger partial charge in [-0.3, -0.25) is 4.79 Å². The van der Waals surface area contributed by atoms with E-state index in [4.69, 9.17) is 18.9 Å². The van der Waals surface area contributed by atoms with Crippen LogP contribution < -0.4 is 18.9 Å². The van der Waals surface area contributed by atoms with Crippen LogP contribution in [-0.4, -0.2) is 56.3 Å². The van der Waals surface area contributed by atoms with E-state index < -0.39 is 18.0 Å². The molecule has 1 aliphatic rings. The second kappa shape index (κ2) is 9.15. The minimum Gasteiger partial charge on any atom is -0.493 e. The van der Waals surface area contributed by atoms with Crippen molar-refractivity contribution in [1.82, 2.24) is 9.88 Å². The summed E-state index contributed by atoms with van der Waals surface area (Å²) < 4.78 is 59.4. The van der Waals surface area contributed by atoms with Crippen LogP contribution in [0.1, 0.15) is 11.3 Å². The maximum atomic E-state index is 12.7. The minimum atomic E-state index is -4.54. The number of likely N-dealkylation sites (tertiary alicyclic amines) is 1. The van der Waals surface area contributed by atoms with Crippen molar-refractivity contribution in [2.24, 2.45) is 0 Å². The Bertz CT molecular complexity index is 947. The number of halogens is 3. The molecule has 1 fully saturated rings. The lowest BCUT2D eigenvalue weighted by atomic mass is 10.1. The van der Waals surface area contributed by atoms with Crippen molar-refractivity contribution in [2.45, 2.75) is 12.3 Å². The zero-order valence-corrected chi connectivity index (χ0v) is 17.1. The third-order valence-corrected chi connectivity index (χ3v) is 4.57. The van der Waals surface area contributed by atoms with E-state index in [1.54, 1.807) is 18.2 Å². The number of benzene rings is 1. The standard InChI is InChI=1S/C21H21F3N2O5/c1-28-15-9-13(10-16(29-2)20(15)30-3)7-8-19(27)26-11-14(12-26)31-18-6-4-5-17(25-18)21(22,23)24/h4-10,14H,11-12H2,1-3H3. The van der Waals surface area contributed by atoms with Crippen molar-refractivity contribution in [2.75, 3.05) is 34.4 Å². The van der Waals surface area contributed by atoms with Crippen LogP contribution in [0.4, 0.5) is 13.2 Å². The van der Waals surface area contributed by atoms with Crippen LogP contribution in [0.25, 0.3) is 6.08 Å². The number of ether oxygens (including phenoxy) is 4. The SMILES string of the molecule is COc1cc(C=CC(=O)N2CC(Oc3cccc(C(F)(F)F)n3)C2)cc(OC)c1OC. The number of aromatic nitrogens is 1. The summed E-state index contributed by atoms with van der Waals surface area (Å²) in [4.78, 5) is 17.3. The Balaban J connectivity index is 1.58. The third-order valence-electron chi connectivity index (χ3n) is 4.57. The van der Waals surface area contributed by atoms with E-state index in [9.17, 15) is 18.0 Å². The van der Waals surface area contributed by atoms with Crippen LogP contribution in [0.3, 0.4) is 0 Å². The molecule has 1 saturated heterocycles. The minimum absolute atomic E-state index is 0.125. The first-order chi connectivity index (χ1) is 14.7. The molecule has 0 N–H and O–H groups in total. The van der Waals surface area contributed by atoms with Crippen molar-refractivity contribution in [3.8, 4) is 23.1 Å². The summed E-state index contributed by atoms with van der Waals surface area (Å²) >= 11 is 0. The average molecular weight is 438 g/mol. The summed E-state index contributed by atoms with van der Waals surface area (Å²) in [7, 11) is 4.49. The molecule has 0 bridgehead atoms. The molecule has 1 aromatic heterocycles. The Labute approximate surface area is 177 Å². The maximum absolute atomic E-state index is 12.7. The first kappa shape index (κ1) is 22.3. The second-order valence-electron chi connectivity index (χ2n) is 6.63. The second-order valence-corrected chi connectivity index (χ2v) is 6.63. The van der Waals surface area contributed by atoms with Gasteiger partial charge < -0.3 is 23.8 Å². The molecule has 0 saturated carbocycles. The lowest BCUT2D eigenvalue weighted by molar-refractivity contribution is -0.141. The smallest absolute Gasteiger partial charge is 0.433 e. The van der Waals surface area contributed by atoms with Gasteiger partial charge in [0.2, 0.25) is 17.5 Å². The van der Waals surface area contributed by atoms with E-state index in [1.807, 2.05) is 0 Å². The Morgan fingerprint density at radius 3 is 2.29 bits per heavy atom. The number of methoxy groups -OCH3 is 3. The quantitative estimate of drug-likeness (QED) is 0.617. The van der Waals surface area contributed by atoms with Crippen LogP contribution in [0.5, 0.6) is 23.1 Å². The van der Waals surface area contributed by atoms with Gasteiger partial charge in [-0.2, -0.15) is 13.2 Å². The lowest BCUT2D eigenvalue weighted by Crippen LogP contribution is -2.55. The highest BCUT2D eigenvalue weighted by Gasteiger charge is 2.34. The molecule has 2 heterocycles. The van der Waals surface area contributed by atoms with Crippen LogP contribution in [0.2, 0.25) is 0 Å². The number of nitrogens with zero attached hydrogens (tertiary/aromatic N) is 2. The van der Waals surface area contributed by atoms with Crippen LogP contribution in [-0.2, 0) is 11.0 Å². The van der Waals surface area contributed by atoms with Gasteiger partial charge in [0.15, 0.2) is 11.5 Å². The van der Waals surface area contributed by atoms with Gasteiger partial charge in [-0.15, -0.1) is 0 Å². The fourth-order valence-corrected chi connectivity index (χ4v) is 2.97. The molecule has 0 radical (unpaired) electrons. The predicted molar refractivity (Wildman–Crippen MR) is 105 cm³/mol. The summed E-state index contributed by atoms with van der Waals surface area (Å²) in [6, 6.07) is 6.85. The fraction of sp³-hybridized carbons (Fsp3) is 0.333. The van der Waals surface area contributed by atoms with Gasteiger partial charge in [-0.25, -0.2) is 4.98 Å². The first-order valence-corrected chi connectivity index (χ1v) is 9.23. The van der Waals surface area contributed by atoms with Gasteiger partial charge in [-0.1, -0.05) is 6.07 Å². The van der Waals surface area contributed by atoms with Gasteiger partial charge >= 0.3 is 6.18 Å². The largest absolute Gasteiger partial charge is 0.493 e. The summed E-state index contributed by atoms with van der Waals surface area (Å²) in [6.45, 7) is 0.493. The van der Waals surface area contributed by atoms with Crippen molar-refractivity contribution in [3.05, 3.63) is 47.7 Å². The van der Waals surface area contributed by atoms with Gasteiger partial charge in [0.1, 0.15) is 11.8 Å². The summed E-state index contributed by atoms with van der Waals surface area (Å²) in [6.07, 6.45) is -1.97. The highest BCUT2D eigenvalue weighted by atomic mass is 19.4. The molecule has 0 atom stereocenters. The topological polar surface area (TPSA) is 70.1 Å². The molecular formula is C21H21F3N2O5. The molecule has 31 heavy (non-hydrogen) atoms. The monoisotopic (exact) mass is 438 g/mol. The summed E-state index contributed by atoms with van der Waals surface area (Å²) in [5.74, 6) is 0.977. The van der Waals surface area contributed by atoms with E-state index in [1.165, 1.54) is 44.4 Å². The van der Waals surface area contributed by atoms with Crippen LogP contribution in [0, 0.1) is 0 Å². The molecule has 0 unspecified atom stereocenters. The Morgan fingerprint density at radius 1 is 1.10 bits per heavy atom. The highest BCUT2D eigenvalue weighted by molar-refractivity contribution is 5.92. The van der Waals surface area contributed by atoms with E-state index in [0.717, 1.165) is 6.07 Å². The Morgan fingerprint density at radius 2 is 1.74 bits per heavy atom. The highest BCUT2D eigenvalue weighted by Crippen LogP contribution is 2.38. The van der Waals surface area contributed by atoms with Gasteiger partial charge in [0.05, 0.1) is 34.4 Å². The number of amides is 1. The van der Waals surface area contributed by atoms with E-state index in [-0.39, 0.29) is 24.9 Å². The van der Waals surface area contributed by atoms with Crippen LogP contribution in [0.15, 0.2) is 36.4 Å². The number of carbonyl (C=O) groups is 1. The fourth-order valence-electron chi connectivity index (χ4n) is 2.97. The molecule has 0 spiro atoms. The summed E-state index contributed by atoms with van der Waals surface area (Å²) in [5, 5.41) is 0. The van der Waals surface area contributed by atoms with Crippen molar-refractivity contribution in [1.29, 1.82) is 0 Å². The predicted octanol–water partition coefficient (Wildman–Crippen LogP) is 3.43. The van der Waals surface area contributed by atoms with Crippen molar-refractivity contribution >= 4 is 12.0 Å². The number of hydrogen-bond donors (Lipinski definition) is 0. The molecule has 7 nitrogen and oxygen atoms in total. The number of rotatable bonds is 7. The van der Waals surface area contributed by atoms with Crippen molar-refractivity contribution < 1.29 is 36.9 Å². The molecule has 1 aliphatic heterocycles. The Hall–Kier alpha value is -3.43. The maximum Gasteiger partial charge on any atom is 0.433 e. The first-order valence-electron chi connectivity index (χ1n) is 9.23. The molecular weight excluding hydrogens is 417 g/mol. The number of carbonyl (C=O) groups excluding carboxylic acids is 1. The lowest BCUT2D eigenvalue weighted by Gasteiger charge is -2.38. The number of pyridine rings is 1. The van der Waals surface area contributed by atoms with Gasteiger partial charge in [-0.05, 0) is 29.8 Å². The molecule has 0 aliphatic carbocycles.